The summed E-state index contributed by atoms with van der Waals surface area (Å²) in [5.74, 6) is 0.0471. The number of halogens is 3. The van der Waals surface area contributed by atoms with Crippen LogP contribution in [-0.2, 0) is 24.5 Å². The first-order chi connectivity index (χ1) is 18.3. The zero-order chi connectivity index (χ0) is 26.8. The predicted octanol–water partition coefficient (Wildman–Crippen LogP) is 3.77. The molecule has 0 fully saturated rings. The quantitative estimate of drug-likeness (QED) is 0.365. The third-order valence-corrected chi connectivity index (χ3v) is 6.12. The summed E-state index contributed by atoms with van der Waals surface area (Å²) in [4.78, 5) is 28.3. The molecular formula is C25H22F3N7O3. The molecule has 1 aliphatic rings. The Kier molecular flexibility index (Phi) is 7.01. The first kappa shape index (κ1) is 25.3. The molecule has 0 bridgehead atoms. The van der Waals surface area contributed by atoms with Crippen molar-refractivity contribution in [2.24, 2.45) is 0 Å². The van der Waals surface area contributed by atoms with Gasteiger partial charge in [-0.15, -0.1) is 5.10 Å². The maximum Gasteiger partial charge on any atom is 0.304 e. The molecule has 38 heavy (non-hydrogen) atoms. The van der Waals surface area contributed by atoms with E-state index >= 15 is 0 Å². The van der Waals surface area contributed by atoms with Gasteiger partial charge in [0, 0.05) is 35.0 Å². The maximum atomic E-state index is 13.9. The number of carbonyl (C=O) groups excluding carboxylic acids is 1. The smallest absolute Gasteiger partial charge is 0.304 e. The number of aromatic nitrogens is 5. The SMILES string of the molecule is C[C@H](c1ncccn1)N(Cc1ccc(OC(F)C(F)F)nn1)C(=O)c1ccc2nc(N)c3c(c2c1)COC3. The predicted molar refractivity (Wildman–Crippen MR) is 129 cm³/mol. The summed E-state index contributed by atoms with van der Waals surface area (Å²) < 4.78 is 48.1. The molecule has 13 heteroatoms. The highest BCUT2D eigenvalue weighted by Crippen LogP contribution is 2.32. The van der Waals surface area contributed by atoms with Gasteiger partial charge in [0.2, 0.25) is 5.88 Å². The lowest BCUT2D eigenvalue weighted by atomic mass is 10.0. The number of anilines is 1. The van der Waals surface area contributed by atoms with Gasteiger partial charge in [0.1, 0.15) is 11.6 Å². The Morgan fingerprint density at radius 2 is 1.87 bits per heavy atom. The van der Waals surface area contributed by atoms with Crippen molar-refractivity contribution < 1.29 is 27.4 Å². The summed E-state index contributed by atoms with van der Waals surface area (Å²) in [6.45, 7) is 2.46. The van der Waals surface area contributed by atoms with E-state index in [1.165, 1.54) is 17.0 Å². The average molecular weight is 525 g/mol. The van der Waals surface area contributed by atoms with Crippen molar-refractivity contribution in [1.82, 2.24) is 30.0 Å². The van der Waals surface area contributed by atoms with Gasteiger partial charge in [-0.2, -0.15) is 9.49 Å². The molecule has 2 N–H and O–H groups in total. The molecule has 0 spiro atoms. The van der Waals surface area contributed by atoms with Gasteiger partial charge in [0.05, 0.1) is 37.0 Å². The van der Waals surface area contributed by atoms with Crippen LogP contribution in [0.15, 0.2) is 48.8 Å². The molecule has 5 rings (SSSR count). The Balaban J connectivity index is 1.47. The first-order valence-electron chi connectivity index (χ1n) is 11.6. The minimum Gasteiger partial charge on any atom is -0.436 e. The van der Waals surface area contributed by atoms with Gasteiger partial charge >= 0.3 is 6.43 Å². The highest BCUT2D eigenvalue weighted by atomic mass is 19.3. The monoisotopic (exact) mass is 525 g/mol. The van der Waals surface area contributed by atoms with Gasteiger partial charge in [-0.05, 0) is 42.8 Å². The summed E-state index contributed by atoms with van der Waals surface area (Å²) >= 11 is 0. The van der Waals surface area contributed by atoms with Gasteiger partial charge in [0.15, 0.2) is 0 Å². The molecule has 0 saturated carbocycles. The Morgan fingerprint density at radius 1 is 1.11 bits per heavy atom. The van der Waals surface area contributed by atoms with Gasteiger partial charge < -0.3 is 20.1 Å². The highest BCUT2D eigenvalue weighted by molar-refractivity contribution is 5.99. The molecule has 1 amide bonds. The van der Waals surface area contributed by atoms with E-state index < -0.39 is 24.7 Å². The van der Waals surface area contributed by atoms with E-state index in [0.717, 1.165) is 16.5 Å². The summed E-state index contributed by atoms with van der Waals surface area (Å²) in [6.07, 6.45) is -3.01. The summed E-state index contributed by atoms with van der Waals surface area (Å²) in [6, 6.07) is 8.83. The molecule has 196 valence electrons. The van der Waals surface area contributed by atoms with E-state index in [0.29, 0.717) is 41.6 Å². The number of hydrogen-bond donors (Lipinski definition) is 1. The number of amides is 1. The summed E-state index contributed by atoms with van der Waals surface area (Å²) in [5.41, 5.74) is 9.10. The molecule has 1 aromatic carbocycles. The largest absolute Gasteiger partial charge is 0.436 e. The van der Waals surface area contributed by atoms with Gasteiger partial charge in [-0.1, -0.05) is 0 Å². The van der Waals surface area contributed by atoms with Gasteiger partial charge in [0.25, 0.3) is 12.3 Å². The maximum absolute atomic E-state index is 13.9. The lowest BCUT2D eigenvalue weighted by Crippen LogP contribution is -2.34. The normalized spacial score (nSPS) is 14.3. The zero-order valence-electron chi connectivity index (χ0n) is 20.1. The lowest BCUT2D eigenvalue weighted by Gasteiger charge is -2.28. The Morgan fingerprint density at radius 3 is 2.58 bits per heavy atom. The Bertz CT molecular complexity index is 1460. The number of nitrogen functional groups attached to an aromatic ring is 1. The van der Waals surface area contributed by atoms with Crippen molar-refractivity contribution in [3.8, 4) is 5.88 Å². The van der Waals surface area contributed by atoms with Crippen LogP contribution in [0.25, 0.3) is 10.9 Å². The number of ether oxygens (including phenoxy) is 2. The number of rotatable bonds is 8. The molecule has 0 radical (unpaired) electrons. The molecule has 4 aromatic rings. The van der Waals surface area contributed by atoms with Crippen LogP contribution in [0.1, 0.15) is 46.0 Å². The molecule has 10 nitrogen and oxygen atoms in total. The van der Waals surface area contributed by atoms with Crippen LogP contribution < -0.4 is 10.5 Å². The zero-order valence-corrected chi connectivity index (χ0v) is 20.1. The minimum absolute atomic E-state index is 0.0291. The molecule has 0 aliphatic carbocycles. The fraction of sp³-hybridized carbons (Fsp3) is 0.280. The third-order valence-electron chi connectivity index (χ3n) is 6.12. The van der Waals surface area contributed by atoms with E-state index in [4.69, 9.17) is 10.5 Å². The van der Waals surface area contributed by atoms with Crippen LogP contribution in [0, 0.1) is 0 Å². The lowest BCUT2D eigenvalue weighted by molar-refractivity contribution is -0.0694. The fourth-order valence-corrected chi connectivity index (χ4v) is 4.16. The van der Waals surface area contributed by atoms with E-state index in [-0.39, 0.29) is 12.5 Å². The van der Waals surface area contributed by atoms with Crippen LogP contribution >= 0.6 is 0 Å². The second-order valence-corrected chi connectivity index (χ2v) is 8.56. The molecule has 1 unspecified atom stereocenters. The molecule has 1 aliphatic heterocycles. The highest BCUT2D eigenvalue weighted by Gasteiger charge is 2.27. The van der Waals surface area contributed by atoms with Crippen LogP contribution in [-0.4, -0.2) is 48.7 Å². The average Bonchev–Trinajstić information content (AvgIpc) is 3.43. The number of nitrogens with zero attached hydrogens (tertiary/aromatic N) is 6. The van der Waals surface area contributed by atoms with Crippen LogP contribution in [0.3, 0.4) is 0 Å². The summed E-state index contributed by atoms with van der Waals surface area (Å²) in [7, 11) is 0. The number of fused-ring (bicyclic) bond motifs is 3. The minimum atomic E-state index is -3.32. The topological polar surface area (TPSA) is 129 Å². The van der Waals surface area contributed by atoms with E-state index in [9.17, 15) is 18.0 Å². The summed E-state index contributed by atoms with van der Waals surface area (Å²) in [5, 5.41) is 8.35. The Labute approximate surface area is 214 Å². The van der Waals surface area contributed by atoms with E-state index in [1.807, 2.05) is 0 Å². The molecule has 4 heterocycles. The van der Waals surface area contributed by atoms with Crippen molar-refractivity contribution >= 4 is 22.6 Å². The Hall–Kier alpha value is -4.39. The van der Waals surface area contributed by atoms with Gasteiger partial charge in [-0.25, -0.2) is 23.7 Å². The first-order valence-corrected chi connectivity index (χ1v) is 11.6. The molecule has 3 aromatic heterocycles. The third kappa shape index (κ3) is 5.05. The number of benzene rings is 1. The van der Waals surface area contributed by atoms with E-state index in [1.54, 1.807) is 43.6 Å². The molecule has 0 saturated heterocycles. The van der Waals surface area contributed by atoms with E-state index in [2.05, 4.69) is 29.9 Å². The molecule has 2 atom stereocenters. The van der Waals surface area contributed by atoms with Crippen LogP contribution in [0.4, 0.5) is 19.0 Å². The van der Waals surface area contributed by atoms with Crippen LogP contribution in [0.2, 0.25) is 0 Å². The van der Waals surface area contributed by atoms with Crippen molar-refractivity contribution in [3.05, 3.63) is 77.0 Å². The van der Waals surface area contributed by atoms with Crippen LogP contribution in [0.5, 0.6) is 5.88 Å². The van der Waals surface area contributed by atoms with Gasteiger partial charge in [-0.3, -0.25) is 4.79 Å². The molecular weight excluding hydrogens is 503 g/mol. The number of nitrogens with two attached hydrogens (primary N) is 1. The number of hydrogen-bond acceptors (Lipinski definition) is 9. The number of alkyl halides is 3. The number of pyridine rings is 1. The second-order valence-electron chi connectivity index (χ2n) is 8.56. The fourth-order valence-electron chi connectivity index (χ4n) is 4.16. The number of carbonyl (C=O) groups is 1. The van der Waals surface area contributed by atoms with Crippen molar-refractivity contribution in [3.63, 3.8) is 0 Å². The van der Waals surface area contributed by atoms with Crippen molar-refractivity contribution in [2.45, 2.75) is 45.5 Å². The standard InChI is InChI=1S/C25H22F3N7O3/c1-13(24-30-7-2-8-31-24)35(10-15-4-6-20(34-33-15)38-22(28)21(26)27)25(36)14-3-5-19-16(9-14)17-11-37-12-18(17)23(29)32-19/h2-9,13,21-22H,10-12H2,1H3,(H2,29,32)/t13-,22?/m1/s1. The van der Waals surface area contributed by atoms with Crippen molar-refractivity contribution in [1.29, 1.82) is 0 Å². The second kappa shape index (κ2) is 10.5. The van der Waals surface area contributed by atoms with Crippen molar-refractivity contribution in [2.75, 3.05) is 5.73 Å².